The maximum Gasteiger partial charge on any atom is 0.416 e. The van der Waals surface area contributed by atoms with Gasteiger partial charge in [0.1, 0.15) is 11.5 Å². The van der Waals surface area contributed by atoms with Crippen molar-refractivity contribution in [3.05, 3.63) is 101 Å². The summed E-state index contributed by atoms with van der Waals surface area (Å²) in [5.41, 5.74) is 6.70. The number of benzene rings is 2. The zero-order valence-corrected chi connectivity index (χ0v) is 22.5. The van der Waals surface area contributed by atoms with Crippen LogP contribution < -0.4 is 11.1 Å². The molecule has 210 valence electrons. The molecule has 0 fully saturated rings. The topological polar surface area (TPSA) is 119 Å². The Kier molecular flexibility index (Phi) is 8.49. The number of carbonyl (C=O) groups excluding carboxylic acids is 2. The van der Waals surface area contributed by atoms with Gasteiger partial charge in [0.15, 0.2) is 0 Å². The number of carbonyl (C=O) groups is 2. The van der Waals surface area contributed by atoms with E-state index in [1.165, 1.54) is 24.7 Å². The number of imidazole rings is 1. The number of rotatable bonds is 7. The Morgan fingerprint density at radius 1 is 1.05 bits per heavy atom. The second-order valence-electron chi connectivity index (χ2n) is 9.49. The average molecular weight is 562 g/mol. The minimum atomic E-state index is -4.63. The van der Waals surface area contributed by atoms with Gasteiger partial charge in [0.2, 0.25) is 5.91 Å². The third kappa shape index (κ3) is 7.55. The molecule has 0 saturated carbocycles. The summed E-state index contributed by atoms with van der Waals surface area (Å²) in [6.07, 6.45) is 1.22. The number of halogens is 3. The standard InChI is InChI=1S/C29H26F3N7O2/c1-18-4-5-20(10-19(18)6-7-22-15-36-24(16-35-22)14-26(33)40)28(41)37-23-11-21(29(30,31)32)12-25(13-23)39-9-8-34-27(39)17-38(2)3/h4-5,8-13,15-16H,14,17H2,1-3H3,(H2,33,40)(H,37,41). The van der Waals surface area contributed by atoms with Gasteiger partial charge in [-0.2, -0.15) is 13.2 Å². The summed E-state index contributed by atoms with van der Waals surface area (Å²) in [4.78, 5) is 38.5. The first-order chi connectivity index (χ1) is 19.4. The molecule has 4 rings (SSSR count). The lowest BCUT2D eigenvalue weighted by Crippen LogP contribution is -2.16. The van der Waals surface area contributed by atoms with Crippen LogP contribution in [0.5, 0.6) is 0 Å². The minimum absolute atomic E-state index is 0.0242. The van der Waals surface area contributed by atoms with Crippen molar-refractivity contribution in [3.8, 4) is 17.5 Å². The Morgan fingerprint density at radius 2 is 1.83 bits per heavy atom. The molecule has 41 heavy (non-hydrogen) atoms. The number of alkyl halides is 3. The smallest absolute Gasteiger partial charge is 0.369 e. The van der Waals surface area contributed by atoms with E-state index in [1.807, 2.05) is 25.9 Å². The number of hydrogen-bond acceptors (Lipinski definition) is 6. The van der Waals surface area contributed by atoms with Gasteiger partial charge in [0, 0.05) is 34.9 Å². The summed E-state index contributed by atoms with van der Waals surface area (Å²) in [6.45, 7) is 2.21. The van der Waals surface area contributed by atoms with E-state index in [-0.39, 0.29) is 23.4 Å². The van der Waals surface area contributed by atoms with Crippen LogP contribution in [0.2, 0.25) is 0 Å². The summed E-state index contributed by atoms with van der Waals surface area (Å²) < 4.78 is 42.9. The predicted octanol–water partition coefficient (Wildman–Crippen LogP) is 3.73. The summed E-state index contributed by atoms with van der Waals surface area (Å²) in [5, 5.41) is 2.58. The Bertz CT molecular complexity index is 1650. The molecule has 2 heterocycles. The van der Waals surface area contributed by atoms with Crippen LogP contribution in [0.4, 0.5) is 18.9 Å². The van der Waals surface area contributed by atoms with E-state index < -0.39 is 23.6 Å². The molecule has 0 atom stereocenters. The lowest BCUT2D eigenvalue weighted by atomic mass is 10.0. The molecule has 0 aliphatic heterocycles. The third-order valence-electron chi connectivity index (χ3n) is 5.84. The van der Waals surface area contributed by atoms with Crippen molar-refractivity contribution in [2.75, 3.05) is 19.4 Å². The Labute approximate surface area is 234 Å². The van der Waals surface area contributed by atoms with Gasteiger partial charge in [0.05, 0.1) is 36.6 Å². The van der Waals surface area contributed by atoms with Crippen molar-refractivity contribution in [1.29, 1.82) is 0 Å². The number of nitrogens with two attached hydrogens (primary N) is 1. The average Bonchev–Trinajstić information content (AvgIpc) is 3.35. The second-order valence-corrected chi connectivity index (χ2v) is 9.49. The fourth-order valence-electron chi connectivity index (χ4n) is 3.88. The van der Waals surface area contributed by atoms with Crippen LogP contribution in [-0.4, -0.2) is 50.3 Å². The molecule has 2 aromatic heterocycles. The van der Waals surface area contributed by atoms with Crippen molar-refractivity contribution < 1.29 is 22.8 Å². The van der Waals surface area contributed by atoms with Gasteiger partial charge in [-0.25, -0.2) is 9.97 Å². The molecular formula is C29H26F3N7O2. The number of aryl methyl sites for hydroxylation is 1. The van der Waals surface area contributed by atoms with E-state index in [9.17, 15) is 22.8 Å². The van der Waals surface area contributed by atoms with E-state index in [1.54, 1.807) is 29.0 Å². The van der Waals surface area contributed by atoms with Crippen LogP contribution in [0.25, 0.3) is 5.69 Å². The molecule has 0 aliphatic rings. The lowest BCUT2D eigenvalue weighted by molar-refractivity contribution is -0.137. The second kappa shape index (κ2) is 12.0. The summed E-state index contributed by atoms with van der Waals surface area (Å²) in [6, 6.07) is 8.17. The molecule has 0 spiro atoms. The first kappa shape index (κ1) is 29.0. The van der Waals surface area contributed by atoms with E-state index in [0.717, 1.165) is 17.7 Å². The lowest BCUT2D eigenvalue weighted by Gasteiger charge is -2.16. The number of primary amides is 1. The van der Waals surface area contributed by atoms with Crippen molar-refractivity contribution in [1.82, 2.24) is 24.4 Å². The maximum atomic E-state index is 13.8. The molecule has 2 amide bonds. The fraction of sp³-hybridized carbons (Fsp3) is 0.207. The van der Waals surface area contributed by atoms with Gasteiger partial charge < -0.3 is 20.5 Å². The highest BCUT2D eigenvalue weighted by atomic mass is 19.4. The minimum Gasteiger partial charge on any atom is -0.369 e. The van der Waals surface area contributed by atoms with Gasteiger partial charge in [-0.3, -0.25) is 14.6 Å². The number of anilines is 1. The number of nitrogens with one attached hydrogen (secondary N) is 1. The molecule has 0 radical (unpaired) electrons. The largest absolute Gasteiger partial charge is 0.416 e. The molecule has 0 aliphatic carbocycles. The maximum absolute atomic E-state index is 13.8. The van der Waals surface area contributed by atoms with Gasteiger partial charge in [-0.15, -0.1) is 0 Å². The Balaban J connectivity index is 1.61. The molecular weight excluding hydrogens is 535 g/mol. The quantitative estimate of drug-likeness (QED) is 0.332. The highest BCUT2D eigenvalue weighted by Crippen LogP contribution is 2.33. The van der Waals surface area contributed by atoms with Crippen LogP contribution in [0.3, 0.4) is 0 Å². The van der Waals surface area contributed by atoms with Gasteiger partial charge >= 0.3 is 6.18 Å². The van der Waals surface area contributed by atoms with Crippen molar-refractivity contribution in [3.63, 3.8) is 0 Å². The fourth-order valence-corrected chi connectivity index (χ4v) is 3.88. The van der Waals surface area contributed by atoms with Crippen molar-refractivity contribution >= 4 is 17.5 Å². The first-order valence-corrected chi connectivity index (χ1v) is 12.3. The van der Waals surface area contributed by atoms with Crippen LogP contribution in [-0.2, 0) is 23.9 Å². The summed E-state index contributed by atoms with van der Waals surface area (Å²) in [5.74, 6) is 5.21. The number of hydrogen-bond donors (Lipinski definition) is 2. The van der Waals surface area contributed by atoms with E-state index in [0.29, 0.717) is 29.3 Å². The molecule has 12 heteroatoms. The Morgan fingerprint density at radius 3 is 2.49 bits per heavy atom. The van der Waals surface area contributed by atoms with E-state index in [2.05, 4.69) is 32.1 Å². The predicted molar refractivity (Wildman–Crippen MR) is 146 cm³/mol. The zero-order valence-electron chi connectivity index (χ0n) is 22.5. The molecule has 9 nitrogen and oxygen atoms in total. The van der Waals surface area contributed by atoms with E-state index >= 15 is 0 Å². The third-order valence-corrected chi connectivity index (χ3v) is 5.84. The Hall–Kier alpha value is -5.02. The summed E-state index contributed by atoms with van der Waals surface area (Å²) >= 11 is 0. The van der Waals surface area contributed by atoms with Gasteiger partial charge in [-0.1, -0.05) is 12.0 Å². The van der Waals surface area contributed by atoms with Gasteiger partial charge in [0.25, 0.3) is 5.91 Å². The molecule has 0 saturated heterocycles. The van der Waals surface area contributed by atoms with Gasteiger partial charge in [-0.05, 0) is 62.8 Å². The van der Waals surface area contributed by atoms with Crippen LogP contribution in [0, 0.1) is 18.8 Å². The normalized spacial score (nSPS) is 11.2. The van der Waals surface area contributed by atoms with E-state index in [4.69, 9.17) is 5.73 Å². The zero-order chi connectivity index (χ0) is 29.7. The molecule has 4 aromatic rings. The molecule has 2 aromatic carbocycles. The number of aromatic nitrogens is 4. The van der Waals surface area contributed by atoms with Crippen molar-refractivity contribution in [2.24, 2.45) is 5.73 Å². The number of nitrogens with zero attached hydrogens (tertiary/aromatic N) is 5. The highest BCUT2D eigenvalue weighted by molar-refractivity contribution is 6.04. The van der Waals surface area contributed by atoms with Crippen LogP contribution in [0.15, 0.2) is 61.2 Å². The highest BCUT2D eigenvalue weighted by Gasteiger charge is 2.32. The molecule has 3 N–H and O–H groups in total. The monoisotopic (exact) mass is 561 g/mol. The van der Waals surface area contributed by atoms with Crippen molar-refractivity contribution in [2.45, 2.75) is 26.1 Å². The number of amides is 2. The summed E-state index contributed by atoms with van der Waals surface area (Å²) in [7, 11) is 3.65. The van der Waals surface area contributed by atoms with Crippen LogP contribution in [0.1, 0.15) is 44.3 Å². The SMILES string of the molecule is Cc1ccc(C(=O)Nc2cc(-n3ccnc3CN(C)C)cc(C(F)(F)F)c2)cc1C#Cc1cnc(CC(N)=O)cn1. The molecule has 0 bridgehead atoms. The first-order valence-electron chi connectivity index (χ1n) is 12.3. The molecule has 0 unspecified atom stereocenters. The van der Waals surface area contributed by atoms with Crippen LogP contribution >= 0.6 is 0 Å².